The van der Waals surface area contributed by atoms with Crippen molar-refractivity contribution in [2.75, 3.05) is 20.1 Å². The number of rotatable bonds is 8. The highest BCUT2D eigenvalue weighted by molar-refractivity contribution is 7.89. The first kappa shape index (κ1) is 17.6. The van der Waals surface area contributed by atoms with Crippen molar-refractivity contribution >= 4 is 15.9 Å². The van der Waals surface area contributed by atoms with Crippen LogP contribution in [0.1, 0.15) is 31.9 Å². The molecular weight excluding hydrogens is 290 g/mol. The van der Waals surface area contributed by atoms with Gasteiger partial charge in [0.2, 0.25) is 15.9 Å². The Morgan fingerprint density at radius 1 is 1.29 bits per heavy atom. The monoisotopic (exact) mass is 313 g/mol. The molecule has 1 amide bonds. The molecule has 6 nitrogen and oxygen atoms in total. The summed E-state index contributed by atoms with van der Waals surface area (Å²) in [6, 6.07) is 6.84. The summed E-state index contributed by atoms with van der Waals surface area (Å²) in [5.74, 6) is -0.348. The SMILES string of the molecule is CCNC(=O)CNS(=O)(=O)c1cccc(C(CC)NC)c1. The van der Waals surface area contributed by atoms with E-state index in [1.165, 1.54) is 6.07 Å². The second-order valence-electron chi connectivity index (χ2n) is 4.60. The van der Waals surface area contributed by atoms with Crippen LogP contribution in [0.3, 0.4) is 0 Å². The van der Waals surface area contributed by atoms with Crippen LogP contribution in [-0.2, 0) is 14.8 Å². The lowest BCUT2D eigenvalue weighted by atomic mass is 10.1. The minimum atomic E-state index is -3.68. The van der Waals surface area contributed by atoms with Gasteiger partial charge in [0.25, 0.3) is 0 Å². The molecule has 1 rings (SSSR count). The molecule has 0 aliphatic rings. The van der Waals surface area contributed by atoms with E-state index in [0.717, 1.165) is 12.0 Å². The molecule has 0 saturated heterocycles. The number of hydrogen-bond donors (Lipinski definition) is 3. The number of nitrogens with one attached hydrogen (secondary N) is 3. The Bertz CT molecular complexity index is 569. The molecule has 7 heteroatoms. The number of benzene rings is 1. The molecule has 0 heterocycles. The van der Waals surface area contributed by atoms with Gasteiger partial charge in [-0.2, -0.15) is 0 Å². The van der Waals surface area contributed by atoms with E-state index < -0.39 is 10.0 Å². The molecule has 21 heavy (non-hydrogen) atoms. The molecule has 3 N–H and O–H groups in total. The first-order valence-corrected chi connectivity index (χ1v) is 8.46. The van der Waals surface area contributed by atoms with Crippen LogP contribution in [0.4, 0.5) is 0 Å². The van der Waals surface area contributed by atoms with Crippen LogP contribution in [0, 0.1) is 0 Å². The van der Waals surface area contributed by atoms with Gasteiger partial charge in [0.05, 0.1) is 11.4 Å². The zero-order valence-corrected chi connectivity index (χ0v) is 13.5. The van der Waals surface area contributed by atoms with Gasteiger partial charge < -0.3 is 10.6 Å². The molecule has 0 radical (unpaired) electrons. The Labute approximate surface area is 126 Å². The topological polar surface area (TPSA) is 87.3 Å². The molecular formula is C14H23N3O3S. The summed E-state index contributed by atoms with van der Waals surface area (Å²) >= 11 is 0. The summed E-state index contributed by atoms with van der Waals surface area (Å²) in [6.07, 6.45) is 0.854. The largest absolute Gasteiger partial charge is 0.355 e. The standard InChI is InChI=1S/C14H23N3O3S/c1-4-13(15-3)11-7-6-8-12(9-11)21(19,20)17-10-14(18)16-5-2/h6-9,13,15,17H,4-5,10H2,1-3H3,(H,16,18). The molecule has 0 aliphatic heterocycles. The Kier molecular flexibility index (Phi) is 6.80. The average molecular weight is 313 g/mol. The third-order valence-electron chi connectivity index (χ3n) is 3.12. The molecule has 1 aromatic carbocycles. The van der Waals surface area contributed by atoms with Gasteiger partial charge in [0.1, 0.15) is 0 Å². The second kappa shape index (κ2) is 8.11. The highest BCUT2D eigenvalue weighted by Gasteiger charge is 2.17. The zero-order chi connectivity index (χ0) is 15.9. The minimum absolute atomic E-state index is 0.101. The lowest BCUT2D eigenvalue weighted by Gasteiger charge is -2.15. The van der Waals surface area contributed by atoms with Crippen LogP contribution in [0.15, 0.2) is 29.2 Å². The van der Waals surface area contributed by atoms with Gasteiger partial charge >= 0.3 is 0 Å². The van der Waals surface area contributed by atoms with Gasteiger partial charge in [-0.05, 0) is 38.1 Å². The van der Waals surface area contributed by atoms with E-state index in [-0.39, 0.29) is 23.4 Å². The maximum atomic E-state index is 12.2. The maximum Gasteiger partial charge on any atom is 0.241 e. The predicted octanol–water partition coefficient (Wildman–Crippen LogP) is 0.772. The number of carbonyl (C=O) groups excluding carboxylic acids is 1. The summed E-state index contributed by atoms with van der Waals surface area (Å²) in [4.78, 5) is 11.5. The third-order valence-corrected chi connectivity index (χ3v) is 4.52. The van der Waals surface area contributed by atoms with Crippen molar-refractivity contribution in [2.45, 2.75) is 31.2 Å². The normalized spacial score (nSPS) is 12.9. The number of carbonyl (C=O) groups is 1. The third kappa shape index (κ3) is 5.11. The summed E-state index contributed by atoms with van der Waals surface area (Å²) in [5, 5.41) is 5.68. The lowest BCUT2D eigenvalue weighted by molar-refractivity contribution is -0.119. The van der Waals surface area contributed by atoms with E-state index in [1.807, 2.05) is 20.0 Å². The quantitative estimate of drug-likeness (QED) is 0.661. The van der Waals surface area contributed by atoms with Gasteiger partial charge in [0, 0.05) is 12.6 Å². The molecule has 1 atom stereocenters. The summed E-state index contributed by atoms with van der Waals surface area (Å²) in [6.45, 7) is 4.01. The smallest absolute Gasteiger partial charge is 0.241 e. The van der Waals surface area contributed by atoms with Crippen LogP contribution >= 0.6 is 0 Å². The first-order chi connectivity index (χ1) is 9.94. The van der Waals surface area contributed by atoms with Gasteiger partial charge in [-0.15, -0.1) is 0 Å². The van der Waals surface area contributed by atoms with Crippen molar-refractivity contribution in [3.63, 3.8) is 0 Å². The van der Waals surface area contributed by atoms with Gasteiger partial charge in [0.15, 0.2) is 0 Å². The molecule has 0 saturated carbocycles. The van der Waals surface area contributed by atoms with E-state index in [0.29, 0.717) is 6.54 Å². The van der Waals surface area contributed by atoms with E-state index in [9.17, 15) is 13.2 Å². The molecule has 0 spiro atoms. The number of sulfonamides is 1. The average Bonchev–Trinajstić information content (AvgIpc) is 2.47. The summed E-state index contributed by atoms with van der Waals surface area (Å²) in [7, 11) is -1.85. The molecule has 0 aliphatic carbocycles. The Morgan fingerprint density at radius 3 is 2.57 bits per heavy atom. The summed E-state index contributed by atoms with van der Waals surface area (Å²) < 4.78 is 26.7. The first-order valence-electron chi connectivity index (χ1n) is 6.98. The van der Waals surface area contributed by atoms with E-state index in [2.05, 4.69) is 15.4 Å². The number of likely N-dealkylation sites (N-methyl/N-ethyl adjacent to an activating group) is 1. The van der Waals surface area contributed by atoms with Crippen molar-refractivity contribution in [1.29, 1.82) is 0 Å². The number of amides is 1. The Balaban J connectivity index is 2.88. The fourth-order valence-electron chi connectivity index (χ4n) is 2.01. The van der Waals surface area contributed by atoms with Gasteiger partial charge in [-0.25, -0.2) is 13.1 Å². The molecule has 0 fully saturated rings. The predicted molar refractivity (Wildman–Crippen MR) is 82.4 cm³/mol. The lowest BCUT2D eigenvalue weighted by Crippen LogP contribution is -2.36. The molecule has 0 bridgehead atoms. The van der Waals surface area contributed by atoms with Crippen molar-refractivity contribution in [3.05, 3.63) is 29.8 Å². The van der Waals surface area contributed by atoms with Crippen LogP contribution in [0.2, 0.25) is 0 Å². The summed E-state index contributed by atoms with van der Waals surface area (Å²) in [5.41, 5.74) is 0.904. The van der Waals surface area contributed by atoms with Crippen LogP contribution in [0.25, 0.3) is 0 Å². The highest BCUT2D eigenvalue weighted by atomic mass is 32.2. The maximum absolute atomic E-state index is 12.2. The molecule has 1 unspecified atom stereocenters. The highest BCUT2D eigenvalue weighted by Crippen LogP contribution is 2.19. The zero-order valence-electron chi connectivity index (χ0n) is 12.6. The number of hydrogen-bond acceptors (Lipinski definition) is 4. The van der Waals surface area contributed by atoms with Crippen LogP contribution in [-0.4, -0.2) is 34.5 Å². The van der Waals surface area contributed by atoms with Gasteiger partial charge in [-0.3, -0.25) is 4.79 Å². The molecule has 1 aromatic rings. The Hall–Kier alpha value is -1.44. The van der Waals surface area contributed by atoms with Crippen molar-refractivity contribution in [2.24, 2.45) is 0 Å². The van der Waals surface area contributed by atoms with E-state index >= 15 is 0 Å². The second-order valence-corrected chi connectivity index (χ2v) is 6.37. The van der Waals surface area contributed by atoms with Crippen LogP contribution in [0.5, 0.6) is 0 Å². The van der Waals surface area contributed by atoms with Gasteiger partial charge in [-0.1, -0.05) is 19.1 Å². The Morgan fingerprint density at radius 2 is 2.00 bits per heavy atom. The molecule has 0 aromatic heterocycles. The van der Waals surface area contributed by atoms with E-state index in [1.54, 1.807) is 19.1 Å². The van der Waals surface area contributed by atoms with Crippen molar-refractivity contribution in [3.8, 4) is 0 Å². The fraction of sp³-hybridized carbons (Fsp3) is 0.500. The van der Waals surface area contributed by atoms with Crippen molar-refractivity contribution in [1.82, 2.24) is 15.4 Å². The van der Waals surface area contributed by atoms with E-state index in [4.69, 9.17) is 0 Å². The minimum Gasteiger partial charge on any atom is -0.355 e. The molecule has 118 valence electrons. The fourth-order valence-corrected chi connectivity index (χ4v) is 3.05. The van der Waals surface area contributed by atoms with Crippen LogP contribution < -0.4 is 15.4 Å². The van der Waals surface area contributed by atoms with Crippen molar-refractivity contribution < 1.29 is 13.2 Å².